The highest BCUT2D eigenvalue weighted by atomic mass is 16.2. The molecule has 0 aliphatic carbocycles. The van der Waals surface area contributed by atoms with Gasteiger partial charge in [-0.05, 0) is 12.8 Å². The van der Waals surface area contributed by atoms with Crippen molar-refractivity contribution >= 4 is 0 Å². The van der Waals surface area contributed by atoms with E-state index in [4.69, 9.17) is 0 Å². The Hall–Kier alpha value is -1.85. The number of aromatic nitrogens is 3. The summed E-state index contributed by atoms with van der Waals surface area (Å²) < 4.78 is 2.01. The Kier molecular flexibility index (Phi) is 3.88. The normalized spacial score (nSPS) is 10.8. The number of aromatic amines is 1. The Morgan fingerprint density at radius 3 is 2.24 bits per heavy atom. The summed E-state index contributed by atoms with van der Waals surface area (Å²) in [6.07, 6.45) is 0. The van der Waals surface area contributed by atoms with Crippen LogP contribution in [0.3, 0.4) is 0 Å². The van der Waals surface area contributed by atoms with E-state index >= 15 is 0 Å². The lowest BCUT2D eigenvalue weighted by atomic mass is 10.2. The third-order valence-corrected chi connectivity index (χ3v) is 2.14. The average Bonchev–Trinajstić information content (AvgIpc) is 2.18. The van der Waals surface area contributed by atoms with Crippen LogP contribution >= 0.6 is 0 Å². The highest BCUT2D eigenvalue weighted by Gasteiger charge is 2.10. The van der Waals surface area contributed by atoms with Crippen molar-refractivity contribution in [2.45, 2.75) is 33.9 Å². The van der Waals surface area contributed by atoms with Gasteiger partial charge in [-0.15, -0.1) is 0 Å². The minimum absolute atomic E-state index is 0.118. The van der Waals surface area contributed by atoms with Crippen molar-refractivity contribution in [3.8, 4) is 0 Å². The Balaban J connectivity index is 3.43. The molecule has 0 amide bonds. The third-order valence-electron chi connectivity index (χ3n) is 2.14. The predicted octanol–water partition coefficient (Wildman–Crippen LogP) is -0.0696. The lowest BCUT2D eigenvalue weighted by Gasteiger charge is -2.10. The molecule has 1 N–H and O–H groups in total. The van der Waals surface area contributed by atoms with E-state index in [0.29, 0.717) is 5.57 Å². The van der Waals surface area contributed by atoms with Crippen molar-refractivity contribution in [1.29, 1.82) is 0 Å². The molecule has 0 unspecified atom stereocenters. The zero-order valence-electron chi connectivity index (χ0n) is 10.3. The third kappa shape index (κ3) is 3.05. The van der Waals surface area contributed by atoms with Crippen LogP contribution in [0.1, 0.15) is 20.8 Å². The van der Waals surface area contributed by atoms with E-state index in [-0.39, 0.29) is 19.0 Å². The van der Waals surface area contributed by atoms with E-state index in [1.54, 1.807) is 6.92 Å². The number of hydrogen-bond acceptors (Lipinski definition) is 3. The molecule has 94 valence electrons. The molecule has 6 heteroatoms. The van der Waals surface area contributed by atoms with E-state index in [1.807, 2.05) is 13.8 Å². The quantitative estimate of drug-likeness (QED) is 0.747. The first-order valence-electron chi connectivity index (χ1n) is 5.41. The van der Waals surface area contributed by atoms with Crippen LogP contribution < -0.4 is 17.1 Å². The molecule has 1 aromatic heterocycles. The molecule has 0 aromatic carbocycles. The zero-order chi connectivity index (χ0) is 13.2. The van der Waals surface area contributed by atoms with Gasteiger partial charge in [0.25, 0.3) is 0 Å². The van der Waals surface area contributed by atoms with E-state index in [1.165, 1.54) is 0 Å². The molecule has 0 saturated carbocycles. The summed E-state index contributed by atoms with van der Waals surface area (Å²) in [7, 11) is 0. The van der Waals surface area contributed by atoms with E-state index in [0.717, 1.165) is 9.13 Å². The summed E-state index contributed by atoms with van der Waals surface area (Å²) in [5, 5.41) is 0. The molecule has 1 heterocycles. The van der Waals surface area contributed by atoms with Crippen LogP contribution in [0.25, 0.3) is 0 Å². The van der Waals surface area contributed by atoms with Gasteiger partial charge in [-0.1, -0.05) is 26.0 Å². The summed E-state index contributed by atoms with van der Waals surface area (Å²) in [5.41, 5.74) is -1.27. The van der Waals surface area contributed by atoms with Gasteiger partial charge in [-0.3, -0.25) is 4.98 Å². The lowest BCUT2D eigenvalue weighted by Crippen LogP contribution is -2.50. The second kappa shape index (κ2) is 4.99. The fourth-order valence-electron chi connectivity index (χ4n) is 1.48. The summed E-state index contributed by atoms with van der Waals surface area (Å²) in [5.74, 6) is 0.143. The van der Waals surface area contributed by atoms with Crippen molar-refractivity contribution < 1.29 is 0 Å². The molecule has 0 spiro atoms. The number of allylic oxidation sites excluding steroid dienone is 1. The molecule has 6 nitrogen and oxygen atoms in total. The van der Waals surface area contributed by atoms with E-state index in [2.05, 4.69) is 11.6 Å². The highest BCUT2D eigenvalue weighted by Crippen LogP contribution is 1.92. The van der Waals surface area contributed by atoms with Crippen LogP contribution in [0.5, 0.6) is 0 Å². The Labute approximate surface area is 98.2 Å². The van der Waals surface area contributed by atoms with Crippen LogP contribution in [0, 0.1) is 5.92 Å². The predicted molar refractivity (Wildman–Crippen MR) is 65.2 cm³/mol. The van der Waals surface area contributed by atoms with Gasteiger partial charge in [-0.2, -0.15) is 0 Å². The number of rotatable bonds is 4. The van der Waals surface area contributed by atoms with Gasteiger partial charge < -0.3 is 0 Å². The van der Waals surface area contributed by atoms with Gasteiger partial charge in [0.2, 0.25) is 0 Å². The fraction of sp³-hybridized carbons (Fsp3) is 0.545. The van der Waals surface area contributed by atoms with Crippen LogP contribution in [-0.4, -0.2) is 14.1 Å². The molecular formula is C11H17N3O3. The van der Waals surface area contributed by atoms with Gasteiger partial charge in [0.05, 0.1) is 6.54 Å². The Morgan fingerprint density at radius 1 is 1.24 bits per heavy atom. The number of nitrogens with zero attached hydrogens (tertiary/aromatic N) is 2. The van der Waals surface area contributed by atoms with Crippen molar-refractivity contribution in [3.05, 3.63) is 43.6 Å². The van der Waals surface area contributed by atoms with Crippen LogP contribution in [0.15, 0.2) is 26.5 Å². The number of nitrogens with one attached hydrogen (secondary N) is 1. The van der Waals surface area contributed by atoms with Crippen molar-refractivity contribution in [2.24, 2.45) is 5.92 Å². The monoisotopic (exact) mass is 239 g/mol. The first kappa shape index (κ1) is 13.2. The second-order valence-corrected chi connectivity index (χ2v) is 4.57. The smallest absolute Gasteiger partial charge is 0.259 e. The van der Waals surface area contributed by atoms with E-state index in [9.17, 15) is 14.4 Å². The van der Waals surface area contributed by atoms with Crippen LogP contribution in [0.4, 0.5) is 0 Å². The second-order valence-electron chi connectivity index (χ2n) is 4.57. The molecule has 0 fully saturated rings. The lowest BCUT2D eigenvalue weighted by molar-refractivity contribution is 0.453. The van der Waals surface area contributed by atoms with Gasteiger partial charge >= 0.3 is 17.1 Å². The molecule has 0 radical (unpaired) electrons. The Bertz CT molecular complexity index is 589. The molecule has 0 atom stereocenters. The van der Waals surface area contributed by atoms with Crippen molar-refractivity contribution in [2.75, 3.05) is 0 Å². The first-order chi connectivity index (χ1) is 7.82. The average molecular weight is 239 g/mol. The maximum absolute atomic E-state index is 11.9. The summed E-state index contributed by atoms with van der Waals surface area (Å²) in [4.78, 5) is 37.1. The minimum atomic E-state index is -0.692. The molecule has 0 aliphatic rings. The molecule has 1 aromatic rings. The maximum Gasteiger partial charge on any atom is 0.336 e. The maximum atomic E-state index is 11.9. The fourth-order valence-corrected chi connectivity index (χ4v) is 1.48. The zero-order valence-corrected chi connectivity index (χ0v) is 10.3. The topological polar surface area (TPSA) is 76.9 Å². The summed E-state index contributed by atoms with van der Waals surface area (Å²) >= 11 is 0. The van der Waals surface area contributed by atoms with Gasteiger partial charge in [0, 0.05) is 6.54 Å². The number of hydrogen-bond donors (Lipinski definition) is 1. The summed E-state index contributed by atoms with van der Waals surface area (Å²) in [6, 6.07) is 0. The van der Waals surface area contributed by atoms with Crippen molar-refractivity contribution in [1.82, 2.24) is 14.1 Å². The summed E-state index contributed by atoms with van der Waals surface area (Å²) in [6.45, 7) is 9.54. The van der Waals surface area contributed by atoms with Crippen LogP contribution in [0.2, 0.25) is 0 Å². The van der Waals surface area contributed by atoms with Gasteiger partial charge in [-0.25, -0.2) is 23.5 Å². The standard InChI is InChI=1S/C11H17N3O3/c1-7(2)5-13-9(15)12-10(16)14(11(13)17)6-8(3)4/h8H,1,5-6H2,2-4H3,(H,12,15,16). The van der Waals surface area contributed by atoms with Crippen molar-refractivity contribution in [3.63, 3.8) is 0 Å². The molecular weight excluding hydrogens is 222 g/mol. The molecule has 0 saturated heterocycles. The highest BCUT2D eigenvalue weighted by molar-refractivity contribution is 4.90. The largest absolute Gasteiger partial charge is 0.336 e. The molecule has 17 heavy (non-hydrogen) atoms. The minimum Gasteiger partial charge on any atom is -0.259 e. The van der Waals surface area contributed by atoms with E-state index < -0.39 is 17.1 Å². The SMILES string of the molecule is C=C(C)Cn1c(=O)[nH]c(=O)n(CC(C)C)c1=O. The molecule has 0 aliphatic heterocycles. The van der Waals surface area contributed by atoms with Crippen LogP contribution in [-0.2, 0) is 13.1 Å². The molecule has 1 rings (SSSR count). The van der Waals surface area contributed by atoms with Gasteiger partial charge in [0.1, 0.15) is 0 Å². The Morgan fingerprint density at radius 2 is 1.76 bits per heavy atom. The number of H-pyrrole nitrogens is 1. The first-order valence-corrected chi connectivity index (χ1v) is 5.41. The molecule has 0 bridgehead atoms. The van der Waals surface area contributed by atoms with Gasteiger partial charge in [0.15, 0.2) is 0 Å².